The van der Waals surface area contributed by atoms with Gasteiger partial charge in [0.1, 0.15) is 0 Å². The Bertz CT molecular complexity index is 781. The molecule has 4 aliphatic carbocycles. The molecule has 144 valence electrons. The molecular weight excluding hydrogens is 330 g/mol. The van der Waals surface area contributed by atoms with Crippen molar-refractivity contribution >= 4 is 6.08 Å². The third kappa shape index (κ3) is 2.67. The van der Waals surface area contributed by atoms with E-state index < -0.39 is 0 Å². The standard InChI is InChI=1S/C25H33NO/c1-24-12-10-20(27)16-18(24)6-8-21-22-9-7-17(15-19-5-3-4-14-26-19)25(22,2)13-11-23(21)24/h3-6,14-15,20-23,27H,7-13,16H2,1-2H3/b17-15+/t20-,21-,22-,23-,24-,25+/m0/s1. The van der Waals surface area contributed by atoms with Gasteiger partial charge in [0.15, 0.2) is 0 Å². The number of aliphatic hydroxyl groups excluding tert-OH is 1. The quantitative estimate of drug-likeness (QED) is 0.641. The number of allylic oxidation sites excluding steroid dienone is 2. The fourth-order valence-corrected chi connectivity index (χ4v) is 7.37. The molecule has 1 aromatic heterocycles. The normalized spacial score (nSPS) is 45.0. The zero-order valence-corrected chi connectivity index (χ0v) is 16.8. The minimum absolute atomic E-state index is 0.103. The van der Waals surface area contributed by atoms with E-state index in [9.17, 15) is 5.11 Å². The minimum Gasteiger partial charge on any atom is -0.393 e. The Balaban J connectivity index is 1.46. The van der Waals surface area contributed by atoms with E-state index in [0.717, 1.165) is 36.3 Å². The van der Waals surface area contributed by atoms with E-state index in [4.69, 9.17) is 0 Å². The van der Waals surface area contributed by atoms with Crippen LogP contribution in [0.25, 0.3) is 6.08 Å². The highest BCUT2D eigenvalue weighted by molar-refractivity contribution is 5.52. The Morgan fingerprint density at radius 3 is 2.70 bits per heavy atom. The summed E-state index contributed by atoms with van der Waals surface area (Å²) in [5, 5.41) is 10.2. The highest BCUT2D eigenvalue weighted by Gasteiger charge is 2.57. The summed E-state index contributed by atoms with van der Waals surface area (Å²) in [4.78, 5) is 4.55. The summed E-state index contributed by atoms with van der Waals surface area (Å²) < 4.78 is 0. The Morgan fingerprint density at radius 2 is 1.89 bits per heavy atom. The summed E-state index contributed by atoms with van der Waals surface area (Å²) in [5.41, 5.74) is 5.04. The number of nitrogens with zero attached hydrogens (tertiary/aromatic N) is 1. The first kappa shape index (κ1) is 17.7. The van der Waals surface area contributed by atoms with Crippen molar-refractivity contribution in [3.05, 3.63) is 47.3 Å². The molecule has 0 unspecified atom stereocenters. The molecule has 3 saturated carbocycles. The van der Waals surface area contributed by atoms with Gasteiger partial charge in [0.2, 0.25) is 0 Å². The van der Waals surface area contributed by atoms with Gasteiger partial charge in [0.05, 0.1) is 11.8 Å². The third-order valence-electron chi connectivity index (χ3n) is 8.94. The lowest BCUT2D eigenvalue weighted by Crippen LogP contribution is -2.49. The van der Waals surface area contributed by atoms with Crippen LogP contribution in [0.5, 0.6) is 0 Å². The van der Waals surface area contributed by atoms with Crippen molar-refractivity contribution in [2.75, 3.05) is 0 Å². The summed E-state index contributed by atoms with van der Waals surface area (Å²) >= 11 is 0. The molecule has 0 radical (unpaired) electrons. The first-order chi connectivity index (χ1) is 13.0. The fourth-order valence-electron chi connectivity index (χ4n) is 7.37. The summed E-state index contributed by atoms with van der Waals surface area (Å²) in [6.07, 6.45) is 16.3. The molecule has 27 heavy (non-hydrogen) atoms. The van der Waals surface area contributed by atoms with Crippen LogP contribution in [0.15, 0.2) is 41.6 Å². The molecule has 6 atom stereocenters. The van der Waals surface area contributed by atoms with Crippen LogP contribution in [-0.4, -0.2) is 16.2 Å². The first-order valence-corrected chi connectivity index (χ1v) is 11.0. The molecule has 0 saturated heterocycles. The molecule has 2 heteroatoms. The lowest BCUT2D eigenvalue weighted by molar-refractivity contribution is -0.0266. The lowest BCUT2D eigenvalue weighted by Gasteiger charge is -2.57. The largest absolute Gasteiger partial charge is 0.393 e. The van der Waals surface area contributed by atoms with E-state index in [2.05, 4.69) is 43.1 Å². The van der Waals surface area contributed by atoms with Crippen LogP contribution in [0.3, 0.4) is 0 Å². The van der Waals surface area contributed by atoms with Crippen molar-refractivity contribution in [1.82, 2.24) is 4.98 Å². The topological polar surface area (TPSA) is 33.1 Å². The van der Waals surface area contributed by atoms with Gasteiger partial charge in [-0.05, 0) is 98.2 Å². The van der Waals surface area contributed by atoms with Gasteiger partial charge >= 0.3 is 0 Å². The second-order valence-corrected chi connectivity index (χ2v) is 10.1. The van der Waals surface area contributed by atoms with Gasteiger partial charge in [-0.25, -0.2) is 0 Å². The van der Waals surface area contributed by atoms with Crippen LogP contribution in [0, 0.1) is 28.6 Å². The Hall–Kier alpha value is -1.41. The van der Waals surface area contributed by atoms with Crippen molar-refractivity contribution in [2.45, 2.75) is 71.3 Å². The number of pyridine rings is 1. The van der Waals surface area contributed by atoms with Gasteiger partial charge in [-0.1, -0.05) is 37.1 Å². The molecular formula is C25H33NO. The van der Waals surface area contributed by atoms with Gasteiger partial charge in [-0.3, -0.25) is 4.98 Å². The number of rotatable bonds is 1. The van der Waals surface area contributed by atoms with Crippen molar-refractivity contribution < 1.29 is 5.11 Å². The Morgan fingerprint density at radius 1 is 1.07 bits per heavy atom. The van der Waals surface area contributed by atoms with Crippen LogP contribution in [-0.2, 0) is 0 Å². The van der Waals surface area contributed by atoms with E-state index in [1.165, 1.54) is 38.5 Å². The molecule has 0 bridgehead atoms. The van der Waals surface area contributed by atoms with Crippen LogP contribution >= 0.6 is 0 Å². The van der Waals surface area contributed by atoms with E-state index in [1.54, 1.807) is 11.1 Å². The van der Waals surface area contributed by atoms with E-state index >= 15 is 0 Å². The summed E-state index contributed by atoms with van der Waals surface area (Å²) in [7, 11) is 0. The highest BCUT2D eigenvalue weighted by atomic mass is 16.3. The fraction of sp³-hybridized carbons (Fsp3) is 0.640. The molecule has 3 fully saturated rings. The number of hydrogen-bond donors (Lipinski definition) is 1. The average Bonchev–Trinajstić information content (AvgIpc) is 3.00. The molecule has 0 spiro atoms. The van der Waals surface area contributed by atoms with Gasteiger partial charge in [0, 0.05) is 6.20 Å². The summed E-state index contributed by atoms with van der Waals surface area (Å²) in [5.74, 6) is 2.45. The zero-order chi connectivity index (χ0) is 18.6. The molecule has 1 aromatic rings. The maximum absolute atomic E-state index is 10.2. The molecule has 1 heterocycles. The van der Waals surface area contributed by atoms with Crippen LogP contribution in [0.1, 0.15) is 70.9 Å². The number of hydrogen-bond acceptors (Lipinski definition) is 2. The molecule has 0 amide bonds. The second kappa shape index (κ2) is 6.30. The summed E-state index contributed by atoms with van der Waals surface area (Å²) in [6, 6.07) is 6.23. The number of aliphatic hydroxyl groups is 1. The van der Waals surface area contributed by atoms with Crippen molar-refractivity contribution in [3.8, 4) is 0 Å². The number of fused-ring (bicyclic) bond motifs is 5. The molecule has 2 nitrogen and oxygen atoms in total. The molecule has 5 rings (SSSR count). The van der Waals surface area contributed by atoms with Crippen molar-refractivity contribution in [1.29, 1.82) is 0 Å². The van der Waals surface area contributed by atoms with Crippen LogP contribution in [0.4, 0.5) is 0 Å². The Labute approximate surface area is 163 Å². The van der Waals surface area contributed by atoms with E-state index in [-0.39, 0.29) is 6.10 Å². The SMILES string of the molecule is C[C@]12CC[C@H](O)CC1=CC[C@@H]1[C@@H]2CC[C@]2(C)/C(=C/c3ccccn3)CC[C@@H]12. The maximum atomic E-state index is 10.2. The van der Waals surface area contributed by atoms with E-state index in [1.807, 2.05) is 12.3 Å². The van der Waals surface area contributed by atoms with Crippen LogP contribution < -0.4 is 0 Å². The number of aromatic nitrogens is 1. The highest BCUT2D eigenvalue weighted by Crippen LogP contribution is 2.66. The average molecular weight is 364 g/mol. The molecule has 4 aliphatic rings. The van der Waals surface area contributed by atoms with E-state index in [0.29, 0.717) is 10.8 Å². The lowest BCUT2D eigenvalue weighted by atomic mass is 9.48. The van der Waals surface area contributed by atoms with Gasteiger partial charge in [0.25, 0.3) is 0 Å². The van der Waals surface area contributed by atoms with Gasteiger partial charge in [-0.2, -0.15) is 0 Å². The monoisotopic (exact) mass is 363 g/mol. The van der Waals surface area contributed by atoms with Crippen molar-refractivity contribution in [2.24, 2.45) is 28.6 Å². The predicted octanol–water partition coefficient (Wildman–Crippen LogP) is 5.79. The second-order valence-electron chi connectivity index (χ2n) is 10.1. The summed E-state index contributed by atoms with van der Waals surface area (Å²) in [6.45, 7) is 5.06. The molecule has 0 aromatic carbocycles. The molecule has 0 aliphatic heterocycles. The third-order valence-corrected chi connectivity index (χ3v) is 8.94. The molecule has 1 N–H and O–H groups in total. The minimum atomic E-state index is -0.103. The maximum Gasteiger partial charge on any atom is 0.0629 e. The van der Waals surface area contributed by atoms with Crippen molar-refractivity contribution in [3.63, 3.8) is 0 Å². The first-order valence-electron chi connectivity index (χ1n) is 11.0. The van der Waals surface area contributed by atoms with Gasteiger partial charge in [-0.15, -0.1) is 0 Å². The zero-order valence-electron chi connectivity index (χ0n) is 16.8. The smallest absolute Gasteiger partial charge is 0.0629 e. The predicted molar refractivity (Wildman–Crippen MR) is 110 cm³/mol. The Kier molecular flexibility index (Phi) is 4.13. The van der Waals surface area contributed by atoms with Gasteiger partial charge < -0.3 is 5.11 Å². The van der Waals surface area contributed by atoms with Crippen LogP contribution in [0.2, 0.25) is 0 Å².